The zero-order chi connectivity index (χ0) is 33.5. The second-order valence-corrected chi connectivity index (χ2v) is 13.3. The molecule has 51 heavy (non-hydrogen) atoms. The lowest BCUT2D eigenvalue weighted by Crippen LogP contribution is -2.00. The minimum atomic E-state index is 0.869. The standard InChI is InChI=1S/C48H30N2O/c1-3-13-31(14-4-1)33-23-25-44-39(29-33)40-30-34(32-15-5-2-6-16-32)24-26-45(40)49(44)42-27-28-43(36-18-8-7-17-35(36)42)50-41-21-11-9-19-37(41)47-38-20-10-12-22-46(38)51-48(47)50/h1-30H. The van der Waals surface area contributed by atoms with Gasteiger partial charge in [0.25, 0.3) is 0 Å². The number of rotatable bonds is 4. The summed E-state index contributed by atoms with van der Waals surface area (Å²) >= 11 is 0. The first-order valence-electron chi connectivity index (χ1n) is 17.4. The second kappa shape index (κ2) is 10.8. The van der Waals surface area contributed by atoms with Crippen molar-refractivity contribution in [2.75, 3.05) is 0 Å². The average molecular weight is 651 g/mol. The quantitative estimate of drug-likeness (QED) is 0.186. The number of furan rings is 1. The van der Waals surface area contributed by atoms with Crippen LogP contribution in [0, 0.1) is 0 Å². The fourth-order valence-corrected chi connectivity index (χ4v) is 8.24. The van der Waals surface area contributed by atoms with Gasteiger partial charge in [-0.2, -0.15) is 0 Å². The zero-order valence-electron chi connectivity index (χ0n) is 27.6. The van der Waals surface area contributed by atoms with Gasteiger partial charge >= 0.3 is 0 Å². The molecule has 0 spiro atoms. The van der Waals surface area contributed by atoms with Crippen molar-refractivity contribution in [2.24, 2.45) is 0 Å². The van der Waals surface area contributed by atoms with Crippen LogP contribution < -0.4 is 0 Å². The van der Waals surface area contributed by atoms with Crippen LogP contribution in [-0.2, 0) is 0 Å². The van der Waals surface area contributed by atoms with Crippen LogP contribution in [0.1, 0.15) is 0 Å². The number of hydrogen-bond donors (Lipinski definition) is 0. The van der Waals surface area contributed by atoms with Gasteiger partial charge in [0, 0.05) is 32.3 Å². The van der Waals surface area contributed by atoms with Gasteiger partial charge in [-0.05, 0) is 70.8 Å². The largest absolute Gasteiger partial charge is 0.439 e. The Labute approximate surface area is 293 Å². The van der Waals surface area contributed by atoms with Gasteiger partial charge in [-0.15, -0.1) is 0 Å². The highest BCUT2D eigenvalue weighted by Gasteiger charge is 2.22. The Morgan fingerprint density at radius 3 is 1.39 bits per heavy atom. The molecule has 3 nitrogen and oxygen atoms in total. The third kappa shape index (κ3) is 4.12. The van der Waals surface area contributed by atoms with Crippen molar-refractivity contribution in [2.45, 2.75) is 0 Å². The minimum Gasteiger partial charge on any atom is -0.439 e. The summed E-state index contributed by atoms with van der Waals surface area (Å²) in [4.78, 5) is 0. The molecule has 0 saturated carbocycles. The van der Waals surface area contributed by atoms with E-state index in [2.05, 4.69) is 185 Å². The number of para-hydroxylation sites is 2. The van der Waals surface area contributed by atoms with Crippen molar-refractivity contribution in [1.29, 1.82) is 0 Å². The van der Waals surface area contributed by atoms with Crippen LogP contribution in [0.15, 0.2) is 186 Å². The van der Waals surface area contributed by atoms with Gasteiger partial charge in [0.1, 0.15) is 5.58 Å². The highest BCUT2D eigenvalue weighted by atomic mass is 16.3. The summed E-state index contributed by atoms with van der Waals surface area (Å²) in [5.74, 6) is 0. The Morgan fingerprint density at radius 1 is 0.314 bits per heavy atom. The molecule has 0 N–H and O–H groups in total. The maximum absolute atomic E-state index is 6.64. The lowest BCUT2D eigenvalue weighted by molar-refractivity contribution is 0.646. The fraction of sp³-hybridized carbons (Fsp3) is 0. The monoisotopic (exact) mass is 650 g/mol. The lowest BCUT2D eigenvalue weighted by atomic mass is 10.0. The van der Waals surface area contributed by atoms with E-state index < -0.39 is 0 Å². The third-order valence-corrected chi connectivity index (χ3v) is 10.5. The number of hydrogen-bond acceptors (Lipinski definition) is 1. The molecule has 0 aliphatic rings. The Balaban J connectivity index is 1.20. The molecule has 11 rings (SSSR count). The SMILES string of the molecule is c1ccc(-c2ccc3c(c2)c2cc(-c4ccccc4)ccc2n3-c2ccc(-n3c4ccccc4c4c5ccccc5oc43)c3ccccc23)cc1. The molecule has 3 aromatic heterocycles. The summed E-state index contributed by atoms with van der Waals surface area (Å²) in [6, 6.07) is 65.5. The van der Waals surface area contributed by atoms with Gasteiger partial charge in [-0.25, -0.2) is 0 Å². The first-order valence-corrected chi connectivity index (χ1v) is 17.4. The lowest BCUT2D eigenvalue weighted by Gasteiger charge is -2.16. The predicted molar refractivity (Wildman–Crippen MR) is 213 cm³/mol. The highest BCUT2D eigenvalue weighted by molar-refractivity contribution is 6.20. The Morgan fingerprint density at radius 2 is 0.784 bits per heavy atom. The smallest absolute Gasteiger partial charge is 0.213 e. The van der Waals surface area contributed by atoms with Crippen LogP contribution in [0.5, 0.6) is 0 Å². The van der Waals surface area contributed by atoms with Crippen LogP contribution in [-0.4, -0.2) is 9.13 Å². The molecular formula is C48H30N2O. The number of nitrogens with zero attached hydrogens (tertiary/aromatic N) is 2. The van der Waals surface area contributed by atoms with Crippen molar-refractivity contribution in [3.8, 4) is 33.6 Å². The third-order valence-electron chi connectivity index (χ3n) is 10.5. The topological polar surface area (TPSA) is 23.0 Å². The van der Waals surface area contributed by atoms with Crippen LogP contribution >= 0.6 is 0 Å². The average Bonchev–Trinajstić information content (AvgIpc) is 3.84. The van der Waals surface area contributed by atoms with Crippen LogP contribution in [0.25, 0.3) is 99.2 Å². The summed E-state index contributed by atoms with van der Waals surface area (Å²) in [5, 5.41) is 8.29. The molecule has 0 unspecified atom stereocenters. The van der Waals surface area contributed by atoms with E-state index in [-0.39, 0.29) is 0 Å². The first kappa shape index (κ1) is 28.0. The van der Waals surface area contributed by atoms with Crippen LogP contribution in [0.4, 0.5) is 0 Å². The number of fused-ring (bicyclic) bond motifs is 9. The van der Waals surface area contributed by atoms with E-state index >= 15 is 0 Å². The molecule has 0 saturated heterocycles. The Bertz CT molecular complexity index is 3030. The predicted octanol–water partition coefficient (Wildman–Crippen LogP) is 13.1. The van der Waals surface area contributed by atoms with Gasteiger partial charge < -0.3 is 8.98 Å². The Hall–Kier alpha value is -6.84. The molecule has 0 atom stereocenters. The summed E-state index contributed by atoms with van der Waals surface area (Å²) in [5.41, 5.74) is 12.3. The van der Waals surface area contributed by atoms with E-state index in [1.165, 1.54) is 54.8 Å². The Kier molecular flexibility index (Phi) is 5.96. The molecule has 0 fully saturated rings. The van der Waals surface area contributed by atoms with Crippen molar-refractivity contribution in [1.82, 2.24) is 9.13 Å². The van der Waals surface area contributed by atoms with Gasteiger partial charge in [-0.1, -0.05) is 133 Å². The molecule has 11 aromatic rings. The van der Waals surface area contributed by atoms with Gasteiger partial charge in [0.15, 0.2) is 0 Å². The van der Waals surface area contributed by atoms with Gasteiger partial charge in [0.2, 0.25) is 5.71 Å². The van der Waals surface area contributed by atoms with Crippen LogP contribution in [0.3, 0.4) is 0 Å². The summed E-state index contributed by atoms with van der Waals surface area (Å²) in [6.45, 7) is 0. The maximum atomic E-state index is 6.64. The van der Waals surface area contributed by atoms with E-state index in [9.17, 15) is 0 Å². The molecule has 0 aliphatic heterocycles. The molecule has 238 valence electrons. The van der Waals surface area contributed by atoms with Gasteiger partial charge in [0.05, 0.1) is 33.3 Å². The molecule has 0 aliphatic carbocycles. The molecule has 0 bridgehead atoms. The van der Waals surface area contributed by atoms with Crippen molar-refractivity contribution in [3.63, 3.8) is 0 Å². The van der Waals surface area contributed by atoms with Crippen molar-refractivity contribution >= 4 is 65.6 Å². The summed E-state index contributed by atoms with van der Waals surface area (Å²) in [6.07, 6.45) is 0. The highest BCUT2D eigenvalue weighted by Crippen LogP contribution is 2.43. The maximum Gasteiger partial charge on any atom is 0.213 e. The molecular weight excluding hydrogens is 621 g/mol. The molecule has 8 aromatic carbocycles. The zero-order valence-corrected chi connectivity index (χ0v) is 27.6. The van der Waals surface area contributed by atoms with Crippen LogP contribution in [0.2, 0.25) is 0 Å². The van der Waals surface area contributed by atoms with Crippen molar-refractivity contribution in [3.05, 3.63) is 182 Å². The van der Waals surface area contributed by atoms with E-state index in [0.29, 0.717) is 0 Å². The normalized spacial score (nSPS) is 11.9. The molecule has 0 amide bonds. The van der Waals surface area contributed by atoms with E-state index in [4.69, 9.17) is 4.42 Å². The summed E-state index contributed by atoms with van der Waals surface area (Å²) in [7, 11) is 0. The first-order chi connectivity index (χ1) is 25.3. The molecule has 3 heteroatoms. The fourth-order valence-electron chi connectivity index (χ4n) is 8.24. The van der Waals surface area contributed by atoms with E-state index in [1.54, 1.807) is 0 Å². The number of aromatic nitrogens is 2. The van der Waals surface area contributed by atoms with E-state index in [0.717, 1.165) is 44.3 Å². The molecule has 0 radical (unpaired) electrons. The minimum absolute atomic E-state index is 0.869. The molecule has 3 heterocycles. The second-order valence-electron chi connectivity index (χ2n) is 13.3. The van der Waals surface area contributed by atoms with E-state index in [1.807, 2.05) is 6.07 Å². The van der Waals surface area contributed by atoms with Gasteiger partial charge in [-0.3, -0.25) is 4.57 Å². The number of benzene rings is 8. The van der Waals surface area contributed by atoms with Crippen molar-refractivity contribution < 1.29 is 4.42 Å². The summed E-state index contributed by atoms with van der Waals surface area (Å²) < 4.78 is 11.4.